The molecule has 0 aromatic carbocycles. The van der Waals surface area contributed by atoms with Crippen molar-refractivity contribution in [3.8, 4) is 0 Å². The van der Waals surface area contributed by atoms with E-state index in [2.05, 4.69) is 16.7 Å². The second kappa shape index (κ2) is 6.87. The van der Waals surface area contributed by atoms with Crippen molar-refractivity contribution in [1.82, 2.24) is 14.8 Å². The summed E-state index contributed by atoms with van der Waals surface area (Å²) in [5.41, 5.74) is -3.89. The molecule has 2 aromatic rings. The number of carboxylic acids is 1. The number of carbonyl (C=O) groups excluding carboxylic acids is 1. The van der Waals surface area contributed by atoms with E-state index in [9.17, 15) is 27.2 Å². The van der Waals surface area contributed by atoms with Crippen LogP contribution in [-0.2, 0) is 19.6 Å². The van der Waals surface area contributed by atoms with Gasteiger partial charge in [0.05, 0.1) is 5.56 Å². The molecule has 138 valence electrons. The van der Waals surface area contributed by atoms with Crippen LogP contribution in [0.4, 0.5) is 17.6 Å². The summed E-state index contributed by atoms with van der Waals surface area (Å²) in [6.07, 6.45) is -4.61. The maximum absolute atomic E-state index is 13.3. The van der Waals surface area contributed by atoms with Gasteiger partial charge >= 0.3 is 12.1 Å². The first-order valence-corrected chi connectivity index (χ1v) is 7.21. The van der Waals surface area contributed by atoms with E-state index in [1.165, 1.54) is 0 Å². The van der Waals surface area contributed by atoms with Crippen molar-refractivity contribution in [2.45, 2.75) is 12.6 Å². The SMILES string of the molecule is C=C(F)c1nn(C)c(C(=O)Cc2cnc(Cl)c(C(=O)O)c2)c1C(F)(F)F. The Balaban J connectivity index is 2.50. The topological polar surface area (TPSA) is 85.1 Å². The summed E-state index contributed by atoms with van der Waals surface area (Å²) in [5.74, 6) is -3.90. The van der Waals surface area contributed by atoms with Crippen molar-refractivity contribution < 1.29 is 32.3 Å². The molecule has 0 amide bonds. The maximum atomic E-state index is 13.3. The van der Waals surface area contributed by atoms with Gasteiger partial charge in [-0.2, -0.15) is 18.3 Å². The van der Waals surface area contributed by atoms with E-state index in [4.69, 9.17) is 16.7 Å². The smallest absolute Gasteiger partial charge is 0.420 e. The fourth-order valence-corrected chi connectivity index (χ4v) is 2.49. The molecule has 0 unspecified atom stereocenters. The summed E-state index contributed by atoms with van der Waals surface area (Å²) in [7, 11) is 1.05. The van der Waals surface area contributed by atoms with Crippen LogP contribution in [0.15, 0.2) is 18.8 Å². The molecule has 6 nitrogen and oxygen atoms in total. The molecule has 0 spiro atoms. The lowest BCUT2D eigenvalue weighted by molar-refractivity contribution is -0.138. The van der Waals surface area contributed by atoms with Gasteiger partial charge in [0.1, 0.15) is 27.9 Å². The summed E-state index contributed by atoms with van der Waals surface area (Å²) in [4.78, 5) is 27.0. The van der Waals surface area contributed by atoms with Crippen LogP contribution in [-0.4, -0.2) is 31.6 Å². The van der Waals surface area contributed by atoms with Gasteiger partial charge < -0.3 is 5.11 Å². The zero-order valence-electron chi connectivity index (χ0n) is 13.1. The highest BCUT2D eigenvalue weighted by Gasteiger charge is 2.42. The van der Waals surface area contributed by atoms with Crippen molar-refractivity contribution in [1.29, 1.82) is 0 Å². The van der Waals surface area contributed by atoms with E-state index in [1.54, 1.807) is 0 Å². The lowest BCUT2D eigenvalue weighted by Gasteiger charge is -2.10. The average molecular weight is 392 g/mol. The molecule has 0 radical (unpaired) electrons. The number of Topliss-reactive ketones (excluding diaryl/α,β-unsaturated/α-hetero) is 1. The van der Waals surface area contributed by atoms with Crippen molar-refractivity contribution in [2.24, 2.45) is 7.05 Å². The summed E-state index contributed by atoms with van der Waals surface area (Å²) >= 11 is 5.60. The first kappa shape index (κ1) is 19.6. The summed E-state index contributed by atoms with van der Waals surface area (Å²) in [5, 5.41) is 12.0. The van der Waals surface area contributed by atoms with E-state index in [0.717, 1.165) is 19.3 Å². The molecular weight excluding hydrogens is 382 g/mol. The van der Waals surface area contributed by atoms with E-state index < -0.39 is 52.7 Å². The van der Waals surface area contributed by atoms with Crippen LogP contribution in [0.1, 0.15) is 37.7 Å². The van der Waals surface area contributed by atoms with Crippen molar-refractivity contribution in [3.63, 3.8) is 0 Å². The maximum Gasteiger partial charge on any atom is 0.420 e. The van der Waals surface area contributed by atoms with Crippen LogP contribution in [0.5, 0.6) is 0 Å². The monoisotopic (exact) mass is 391 g/mol. The van der Waals surface area contributed by atoms with Gasteiger partial charge in [-0.1, -0.05) is 18.2 Å². The zero-order chi connectivity index (χ0) is 19.8. The Kier molecular flexibility index (Phi) is 5.17. The van der Waals surface area contributed by atoms with Crippen LogP contribution in [0.25, 0.3) is 5.83 Å². The molecule has 2 rings (SSSR count). The number of rotatable bonds is 5. The zero-order valence-corrected chi connectivity index (χ0v) is 13.8. The fraction of sp³-hybridized carbons (Fsp3) is 0.200. The number of aromatic nitrogens is 3. The number of hydrogen-bond acceptors (Lipinski definition) is 4. The summed E-state index contributed by atoms with van der Waals surface area (Å²) in [6.45, 7) is 2.79. The third kappa shape index (κ3) is 3.74. The van der Waals surface area contributed by atoms with Crippen molar-refractivity contribution in [3.05, 3.63) is 52.1 Å². The van der Waals surface area contributed by atoms with E-state index >= 15 is 0 Å². The highest BCUT2D eigenvalue weighted by Crippen LogP contribution is 2.37. The van der Waals surface area contributed by atoms with Gasteiger partial charge in [-0.25, -0.2) is 14.2 Å². The third-order valence-electron chi connectivity index (χ3n) is 3.34. The molecule has 2 aromatic heterocycles. The van der Waals surface area contributed by atoms with Crippen LogP contribution < -0.4 is 0 Å². The van der Waals surface area contributed by atoms with Crippen LogP contribution in [0, 0.1) is 0 Å². The normalized spacial score (nSPS) is 11.5. The molecule has 0 aliphatic rings. The Morgan fingerprint density at radius 2 is 2.00 bits per heavy atom. The second-order valence-electron chi connectivity index (χ2n) is 5.19. The number of carbonyl (C=O) groups is 2. The molecule has 0 aliphatic carbocycles. The Hall–Kier alpha value is -2.75. The van der Waals surface area contributed by atoms with Crippen molar-refractivity contribution in [2.75, 3.05) is 0 Å². The average Bonchev–Trinajstić information content (AvgIpc) is 2.87. The Bertz CT molecular complexity index is 922. The highest BCUT2D eigenvalue weighted by atomic mass is 35.5. The Morgan fingerprint density at radius 1 is 1.38 bits per heavy atom. The summed E-state index contributed by atoms with van der Waals surface area (Å²) in [6, 6.07) is 1.02. The molecule has 1 N–H and O–H groups in total. The molecule has 26 heavy (non-hydrogen) atoms. The third-order valence-corrected chi connectivity index (χ3v) is 3.64. The molecular formula is C15H10ClF4N3O3. The summed E-state index contributed by atoms with van der Waals surface area (Å²) < 4.78 is 53.8. The predicted molar refractivity (Wildman–Crippen MR) is 82.6 cm³/mol. The number of hydrogen-bond donors (Lipinski definition) is 1. The predicted octanol–water partition coefficient (Wildman–Crippen LogP) is 3.55. The van der Waals surface area contributed by atoms with E-state index in [1.807, 2.05) is 0 Å². The molecule has 0 saturated heterocycles. The number of pyridine rings is 1. The number of alkyl halides is 3. The first-order chi connectivity index (χ1) is 11.9. The van der Waals surface area contributed by atoms with Gasteiger partial charge in [0, 0.05) is 19.7 Å². The minimum absolute atomic E-state index is 0.0201. The van der Waals surface area contributed by atoms with Gasteiger partial charge in [-0.15, -0.1) is 0 Å². The number of halogens is 5. The molecule has 0 fully saturated rings. The van der Waals surface area contributed by atoms with Crippen LogP contribution >= 0.6 is 11.6 Å². The largest absolute Gasteiger partial charge is 0.478 e. The van der Waals surface area contributed by atoms with Crippen LogP contribution in [0.2, 0.25) is 5.15 Å². The van der Waals surface area contributed by atoms with Crippen molar-refractivity contribution >= 4 is 29.2 Å². The molecule has 0 bridgehead atoms. The molecule has 2 heterocycles. The standard InChI is InChI=1S/C15H10ClF4N3O3/c1-6(17)11-10(15(18,19)20)12(23(2)22-11)9(24)4-7-3-8(14(25)26)13(16)21-5-7/h3,5H,1,4H2,2H3,(H,25,26). The van der Waals surface area contributed by atoms with Gasteiger partial charge in [0.25, 0.3) is 0 Å². The van der Waals surface area contributed by atoms with E-state index in [0.29, 0.717) is 4.68 Å². The lowest BCUT2D eigenvalue weighted by atomic mass is 10.0. The minimum Gasteiger partial charge on any atom is -0.478 e. The Morgan fingerprint density at radius 3 is 2.50 bits per heavy atom. The lowest BCUT2D eigenvalue weighted by Crippen LogP contribution is -2.17. The fourth-order valence-electron chi connectivity index (χ4n) is 2.31. The van der Waals surface area contributed by atoms with E-state index in [-0.39, 0.29) is 10.7 Å². The molecule has 11 heteroatoms. The Labute approximate surface area is 148 Å². The quantitative estimate of drug-likeness (QED) is 0.478. The highest BCUT2D eigenvalue weighted by molar-refractivity contribution is 6.32. The number of nitrogens with zero attached hydrogens (tertiary/aromatic N) is 3. The van der Waals surface area contributed by atoms with Gasteiger partial charge in [-0.3, -0.25) is 9.48 Å². The number of aromatic carboxylic acids is 1. The first-order valence-electron chi connectivity index (χ1n) is 6.83. The molecule has 0 aliphatic heterocycles. The van der Waals surface area contributed by atoms with Gasteiger partial charge in [0.15, 0.2) is 5.78 Å². The number of carboxylic acid groups (broad SMARTS) is 1. The second-order valence-corrected chi connectivity index (χ2v) is 5.54. The number of aryl methyl sites for hydroxylation is 1. The molecule has 0 atom stereocenters. The van der Waals surface area contributed by atoms with Gasteiger partial charge in [-0.05, 0) is 11.6 Å². The van der Waals surface area contributed by atoms with Crippen LogP contribution in [0.3, 0.4) is 0 Å². The number of ketones is 1. The molecule has 0 saturated carbocycles. The van der Waals surface area contributed by atoms with Gasteiger partial charge in [0.2, 0.25) is 0 Å². The minimum atomic E-state index is -5.05.